The van der Waals surface area contributed by atoms with Crippen LogP contribution in [-0.4, -0.2) is 11.1 Å². The standard InChI is InChI=1S/C18H32O2/c1-14(18(19)20)6-5-7-15-10-12-17(13-11-15)16-8-3-2-4-9-16/h14-17H,2-13H2,1H3,(H,19,20)/t14?,15-,17-. The normalized spacial score (nSPS) is 30.1. The van der Waals surface area contributed by atoms with Gasteiger partial charge in [-0.15, -0.1) is 0 Å². The van der Waals surface area contributed by atoms with Crippen molar-refractivity contribution >= 4 is 5.97 Å². The van der Waals surface area contributed by atoms with Gasteiger partial charge in [-0.3, -0.25) is 4.79 Å². The zero-order chi connectivity index (χ0) is 14.4. The summed E-state index contributed by atoms with van der Waals surface area (Å²) in [5.74, 6) is 2.15. The molecular weight excluding hydrogens is 248 g/mol. The number of hydrogen-bond donors (Lipinski definition) is 1. The Balaban J connectivity index is 1.60. The van der Waals surface area contributed by atoms with Crippen LogP contribution in [0.1, 0.15) is 84.0 Å². The maximum absolute atomic E-state index is 10.8. The van der Waals surface area contributed by atoms with Crippen molar-refractivity contribution in [2.75, 3.05) is 0 Å². The van der Waals surface area contributed by atoms with Crippen molar-refractivity contribution in [3.63, 3.8) is 0 Å². The summed E-state index contributed by atoms with van der Waals surface area (Å²) < 4.78 is 0. The van der Waals surface area contributed by atoms with Crippen LogP contribution < -0.4 is 0 Å². The lowest BCUT2D eigenvalue weighted by molar-refractivity contribution is -0.141. The van der Waals surface area contributed by atoms with Gasteiger partial charge >= 0.3 is 5.97 Å². The van der Waals surface area contributed by atoms with Crippen molar-refractivity contribution < 1.29 is 9.90 Å². The Morgan fingerprint density at radius 1 is 1.00 bits per heavy atom. The van der Waals surface area contributed by atoms with Crippen LogP contribution in [0.4, 0.5) is 0 Å². The van der Waals surface area contributed by atoms with Gasteiger partial charge in [-0.25, -0.2) is 0 Å². The highest BCUT2D eigenvalue weighted by Gasteiger charge is 2.28. The minimum Gasteiger partial charge on any atom is -0.481 e. The number of carboxylic acid groups (broad SMARTS) is 1. The van der Waals surface area contributed by atoms with Crippen molar-refractivity contribution in [2.45, 2.75) is 84.0 Å². The van der Waals surface area contributed by atoms with Crippen LogP contribution in [0.15, 0.2) is 0 Å². The number of carbonyl (C=O) groups is 1. The van der Waals surface area contributed by atoms with Gasteiger partial charge in [-0.2, -0.15) is 0 Å². The molecule has 0 amide bonds. The van der Waals surface area contributed by atoms with Gasteiger partial charge < -0.3 is 5.11 Å². The highest BCUT2D eigenvalue weighted by atomic mass is 16.4. The van der Waals surface area contributed by atoms with Crippen LogP contribution in [-0.2, 0) is 4.79 Å². The molecule has 1 unspecified atom stereocenters. The van der Waals surface area contributed by atoms with Crippen molar-refractivity contribution in [2.24, 2.45) is 23.7 Å². The number of rotatable bonds is 6. The van der Waals surface area contributed by atoms with Gasteiger partial charge in [0.15, 0.2) is 0 Å². The van der Waals surface area contributed by atoms with Crippen molar-refractivity contribution in [1.82, 2.24) is 0 Å². The van der Waals surface area contributed by atoms with E-state index in [-0.39, 0.29) is 5.92 Å². The molecule has 0 aromatic heterocycles. The first-order valence-electron chi connectivity index (χ1n) is 8.89. The number of carboxylic acids is 1. The van der Waals surface area contributed by atoms with Gasteiger partial charge in [0.2, 0.25) is 0 Å². The van der Waals surface area contributed by atoms with E-state index in [1.165, 1.54) is 64.2 Å². The lowest BCUT2D eigenvalue weighted by Gasteiger charge is -2.36. The third kappa shape index (κ3) is 4.79. The molecule has 20 heavy (non-hydrogen) atoms. The molecule has 2 heteroatoms. The fourth-order valence-corrected chi connectivity index (χ4v) is 4.39. The van der Waals surface area contributed by atoms with Crippen molar-refractivity contribution in [1.29, 1.82) is 0 Å². The molecule has 0 spiro atoms. The largest absolute Gasteiger partial charge is 0.481 e. The monoisotopic (exact) mass is 280 g/mol. The third-order valence-corrected chi connectivity index (χ3v) is 5.88. The average Bonchev–Trinajstić information content (AvgIpc) is 2.48. The molecule has 2 nitrogen and oxygen atoms in total. The minimum atomic E-state index is -0.633. The molecule has 0 radical (unpaired) electrons. The van der Waals surface area contributed by atoms with Gasteiger partial charge in [-0.1, -0.05) is 64.7 Å². The highest BCUT2D eigenvalue weighted by Crippen LogP contribution is 2.41. The summed E-state index contributed by atoms with van der Waals surface area (Å²) in [5, 5.41) is 8.90. The van der Waals surface area contributed by atoms with E-state index in [0.717, 1.165) is 30.6 Å². The molecule has 0 heterocycles. The summed E-state index contributed by atoms with van der Waals surface area (Å²) in [6, 6.07) is 0. The van der Waals surface area contributed by atoms with Crippen LogP contribution >= 0.6 is 0 Å². The topological polar surface area (TPSA) is 37.3 Å². The van der Waals surface area contributed by atoms with Crippen LogP contribution in [0.2, 0.25) is 0 Å². The zero-order valence-electron chi connectivity index (χ0n) is 13.2. The SMILES string of the molecule is CC(CCC[C@H]1CC[C@H](C2CCCCC2)CC1)C(=O)O. The lowest BCUT2D eigenvalue weighted by atomic mass is 9.70. The Morgan fingerprint density at radius 3 is 2.20 bits per heavy atom. The molecule has 2 fully saturated rings. The fourth-order valence-electron chi connectivity index (χ4n) is 4.39. The van der Waals surface area contributed by atoms with E-state index in [9.17, 15) is 4.79 Å². The summed E-state index contributed by atoms with van der Waals surface area (Å²) in [6.45, 7) is 1.84. The van der Waals surface area contributed by atoms with Crippen molar-refractivity contribution in [3.8, 4) is 0 Å². The summed E-state index contributed by atoms with van der Waals surface area (Å²) in [7, 11) is 0. The first-order chi connectivity index (χ1) is 9.66. The van der Waals surface area contributed by atoms with Crippen LogP contribution in [0.25, 0.3) is 0 Å². The van der Waals surface area contributed by atoms with Crippen LogP contribution in [0.5, 0.6) is 0 Å². The summed E-state index contributed by atoms with van der Waals surface area (Å²) in [5.41, 5.74) is 0. The van der Waals surface area contributed by atoms with Crippen LogP contribution in [0.3, 0.4) is 0 Å². The lowest BCUT2D eigenvalue weighted by Crippen LogP contribution is -2.23. The second-order valence-corrected chi connectivity index (χ2v) is 7.35. The average molecular weight is 280 g/mol. The molecule has 0 aliphatic heterocycles. The predicted octanol–water partition coefficient (Wildman–Crippen LogP) is 5.26. The Hall–Kier alpha value is -0.530. The smallest absolute Gasteiger partial charge is 0.306 e. The Kier molecular flexibility index (Phi) is 6.38. The van der Waals surface area contributed by atoms with E-state index in [4.69, 9.17) is 5.11 Å². The van der Waals surface area contributed by atoms with Gasteiger partial charge in [0, 0.05) is 0 Å². The second-order valence-electron chi connectivity index (χ2n) is 7.35. The first kappa shape index (κ1) is 15.9. The Labute approximate surface area is 124 Å². The minimum absolute atomic E-state index is 0.159. The summed E-state index contributed by atoms with van der Waals surface area (Å²) in [4.78, 5) is 10.8. The van der Waals surface area contributed by atoms with E-state index >= 15 is 0 Å². The maximum atomic E-state index is 10.8. The Morgan fingerprint density at radius 2 is 1.60 bits per heavy atom. The molecular formula is C18H32O2. The van der Waals surface area contributed by atoms with Gasteiger partial charge in [0.1, 0.15) is 0 Å². The molecule has 0 bridgehead atoms. The second kappa shape index (κ2) is 8.05. The molecule has 2 rings (SSSR count). The first-order valence-corrected chi connectivity index (χ1v) is 8.89. The summed E-state index contributed by atoms with van der Waals surface area (Å²) >= 11 is 0. The highest BCUT2D eigenvalue weighted by molar-refractivity contribution is 5.69. The van der Waals surface area contributed by atoms with E-state index in [1.54, 1.807) is 0 Å². The maximum Gasteiger partial charge on any atom is 0.306 e. The Bertz CT molecular complexity index is 286. The van der Waals surface area contributed by atoms with Gasteiger partial charge in [-0.05, 0) is 37.0 Å². The molecule has 0 aromatic rings. The molecule has 2 saturated carbocycles. The van der Waals surface area contributed by atoms with Gasteiger partial charge in [0.25, 0.3) is 0 Å². The molecule has 116 valence electrons. The molecule has 0 saturated heterocycles. The summed E-state index contributed by atoms with van der Waals surface area (Å²) in [6.07, 6.45) is 16.3. The molecule has 2 aliphatic carbocycles. The number of hydrogen-bond acceptors (Lipinski definition) is 1. The fraction of sp³-hybridized carbons (Fsp3) is 0.944. The zero-order valence-corrected chi connectivity index (χ0v) is 13.2. The quantitative estimate of drug-likeness (QED) is 0.720. The van der Waals surface area contributed by atoms with E-state index in [0.29, 0.717) is 0 Å². The molecule has 1 N–H and O–H groups in total. The van der Waals surface area contributed by atoms with Gasteiger partial charge in [0.05, 0.1) is 5.92 Å². The van der Waals surface area contributed by atoms with Crippen molar-refractivity contribution in [3.05, 3.63) is 0 Å². The van der Waals surface area contributed by atoms with Crippen LogP contribution in [0, 0.1) is 23.7 Å². The molecule has 2 aliphatic rings. The predicted molar refractivity (Wildman–Crippen MR) is 82.7 cm³/mol. The van der Waals surface area contributed by atoms with E-state index < -0.39 is 5.97 Å². The van der Waals surface area contributed by atoms with E-state index in [1.807, 2.05) is 6.92 Å². The van der Waals surface area contributed by atoms with E-state index in [2.05, 4.69) is 0 Å². The molecule has 1 atom stereocenters. The number of aliphatic carboxylic acids is 1. The molecule has 0 aromatic carbocycles. The third-order valence-electron chi connectivity index (χ3n) is 5.88.